The van der Waals surface area contributed by atoms with Crippen LogP contribution in [0.15, 0.2) is 21.6 Å². The number of hydrogen-bond donors (Lipinski definition) is 1. The van der Waals surface area contributed by atoms with Crippen molar-refractivity contribution in [3.05, 3.63) is 29.4 Å². The molecule has 11 heteroatoms. The molecule has 0 amide bonds. The maximum Gasteiger partial charge on any atom is 0.228 e. The molecule has 0 spiro atoms. The van der Waals surface area contributed by atoms with Gasteiger partial charge in [0.25, 0.3) is 0 Å². The van der Waals surface area contributed by atoms with E-state index in [-0.39, 0.29) is 24.0 Å². The van der Waals surface area contributed by atoms with Crippen molar-refractivity contribution < 1.29 is 18.7 Å². The van der Waals surface area contributed by atoms with Gasteiger partial charge < -0.3 is 29.0 Å². The minimum Gasteiger partial charge on any atom is -0.493 e. The van der Waals surface area contributed by atoms with Gasteiger partial charge in [0.15, 0.2) is 23.3 Å². The van der Waals surface area contributed by atoms with Crippen LogP contribution in [0.4, 0.5) is 0 Å². The molecule has 0 unspecified atom stereocenters. The molecule has 0 radical (unpaired) electrons. The summed E-state index contributed by atoms with van der Waals surface area (Å²) in [5.74, 6) is 4.18. The molecule has 0 saturated carbocycles. The lowest BCUT2D eigenvalue weighted by Crippen LogP contribution is -2.52. The van der Waals surface area contributed by atoms with Crippen LogP contribution in [0.1, 0.15) is 24.2 Å². The number of aromatic nitrogens is 2. The molecule has 1 aromatic carbocycles. The second-order valence-corrected chi connectivity index (χ2v) is 7.52. The zero-order valence-corrected chi connectivity index (χ0v) is 22.4. The number of piperazine rings is 1. The summed E-state index contributed by atoms with van der Waals surface area (Å²) in [5.41, 5.74) is 1.13. The second-order valence-electron chi connectivity index (χ2n) is 7.52. The standard InChI is InChI=1S/C22H34N6O4.HI/c1-6-23-22(24-8-7-20-25-16(2)26-32-20)28-11-9-27(10-12-28)15-17-13-18(29-3)21(31-5)19(14-17)30-4;/h13-14H,6-12,15H2,1-5H3,(H,23,24);1H. The lowest BCUT2D eigenvalue weighted by atomic mass is 10.1. The van der Waals surface area contributed by atoms with Gasteiger partial charge in [-0.2, -0.15) is 4.98 Å². The van der Waals surface area contributed by atoms with Crippen LogP contribution in [0.3, 0.4) is 0 Å². The van der Waals surface area contributed by atoms with E-state index in [1.165, 1.54) is 0 Å². The average Bonchev–Trinajstić information content (AvgIpc) is 3.23. The zero-order valence-electron chi connectivity index (χ0n) is 20.1. The highest BCUT2D eigenvalue weighted by Gasteiger charge is 2.21. The van der Waals surface area contributed by atoms with E-state index in [9.17, 15) is 0 Å². The third-order valence-electron chi connectivity index (χ3n) is 5.29. The Hall–Kier alpha value is -2.28. The van der Waals surface area contributed by atoms with Crippen LogP contribution < -0.4 is 19.5 Å². The van der Waals surface area contributed by atoms with Crippen molar-refractivity contribution in [2.24, 2.45) is 4.99 Å². The van der Waals surface area contributed by atoms with Crippen LogP contribution in [0.25, 0.3) is 0 Å². The molecule has 1 N–H and O–H groups in total. The van der Waals surface area contributed by atoms with Crippen LogP contribution in [-0.2, 0) is 13.0 Å². The van der Waals surface area contributed by atoms with Crippen molar-refractivity contribution in [3.8, 4) is 17.2 Å². The van der Waals surface area contributed by atoms with Gasteiger partial charge in [-0.15, -0.1) is 24.0 Å². The highest BCUT2D eigenvalue weighted by molar-refractivity contribution is 14.0. The zero-order chi connectivity index (χ0) is 22.9. The Morgan fingerprint density at radius 1 is 1.09 bits per heavy atom. The molecule has 1 aromatic heterocycles. The molecule has 10 nitrogen and oxygen atoms in total. The van der Waals surface area contributed by atoms with Crippen LogP contribution in [0.5, 0.6) is 17.2 Å². The first kappa shape index (κ1) is 27.0. The average molecular weight is 574 g/mol. The Labute approximate surface area is 212 Å². The molecule has 1 aliphatic heterocycles. The Morgan fingerprint density at radius 2 is 1.76 bits per heavy atom. The molecule has 184 valence electrons. The summed E-state index contributed by atoms with van der Waals surface area (Å²) in [7, 11) is 4.90. The fraction of sp³-hybridized carbons (Fsp3) is 0.591. The van der Waals surface area contributed by atoms with Gasteiger partial charge in [0, 0.05) is 45.7 Å². The number of aryl methyl sites for hydroxylation is 1. The first-order chi connectivity index (χ1) is 15.6. The number of nitrogens with zero attached hydrogens (tertiary/aromatic N) is 5. The SMILES string of the molecule is CCNC(=NCCc1nc(C)no1)N1CCN(Cc2cc(OC)c(OC)c(OC)c2)CC1.I. The number of nitrogens with one attached hydrogen (secondary N) is 1. The minimum absolute atomic E-state index is 0. The summed E-state index contributed by atoms with van der Waals surface area (Å²) in [5, 5.41) is 7.22. The topological polar surface area (TPSA) is 97.5 Å². The molecule has 1 saturated heterocycles. The van der Waals surface area contributed by atoms with E-state index >= 15 is 0 Å². The molecule has 2 aromatic rings. The summed E-state index contributed by atoms with van der Waals surface area (Å²) in [6.45, 7) is 9.81. The Kier molecular flexibility index (Phi) is 11.0. The predicted molar refractivity (Wildman–Crippen MR) is 137 cm³/mol. The quantitative estimate of drug-likeness (QED) is 0.275. The highest BCUT2D eigenvalue weighted by Crippen LogP contribution is 2.38. The first-order valence-electron chi connectivity index (χ1n) is 10.9. The van der Waals surface area contributed by atoms with Gasteiger partial charge >= 0.3 is 0 Å². The minimum atomic E-state index is 0. The highest BCUT2D eigenvalue weighted by atomic mass is 127. The van der Waals surface area contributed by atoms with Crippen LogP contribution in [0, 0.1) is 6.92 Å². The number of hydrogen-bond acceptors (Lipinski definition) is 8. The van der Waals surface area contributed by atoms with Crippen molar-refractivity contribution in [3.63, 3.8) is 0 Å². The maximum atomic E-state index is 5.48. The van der Waals surface area contributed by atoms with E-state index in [0.29, 0.717) is 41.9 Å². The normalized spacial score (nSPS) is 14.6. The second kappa shape index (κ2) is 13.4. The van der Waals surface area contributed by atoms with Crippen LogP contribution in [-0.4, -0.2) is 86.5 Å². The molecule has 0 bridgehead atoms. The van der Waals surface area contributed by atoms with Crippen molar-refractivity contribution in [1.29, 1.82) is 0 Å². The summed E-state index contributed by atoms with van der Waals surface area (Å²) in [6, 6.07) is 4.02. The number of methoxy groups -OCH3 is 3. The first-order valence-corrected chi connectivity index (χ1v) is 10.9. The number of guanidine groups is 1. The number of rotatable bonds is 9. The number of halogens is 1. The van der Waals surface area contributed by atoms with E-state index < -0.39 is 0 Å². The molecule has 2 heterocycles. The van der Waals surface area contributed by atoms with Gasteiger partial charge in [0.05, 0.1) is 27.9 Å². The van der Waals surface area contributed by atoms with Crippen molar-refractivity contribution in [2.45, 2.75) is 26.8 Å². The monoisotopic (exact) mass is 574 g/mol. The van der Waals surface area contributed by atoms with E-state index in [1.54, 1.807) is 21.3 Å². The van der Waals surface area contributed by atoms with Gasteiger partial charge in [0.1, 0.15) is 0 Å². The van der Waals surface area contributed by atoms with Gasteiger partial charge in [-0.05, 0) is 31.5 Å². The van der Waals surface area contributed by atoms with Crippen molar-refractivity contribution in [1.82, 2.24) is 25.3 Å². The molecule has 1 fully saturated rings. The summed E-state index contributed by atoms with van der Waals surface area (Å²) < 4.78 is 21.6. The van der Waals surface area contributed by atoms with E-state index in [2.05, 4.69) is 32.2 Å². The van der Waals surface area contributed by atoms with Crippen LogP contribution >= 0.6 is 24.0 Å². The Bertz CT molecular complexity index is 874. The van der Waals surface area contributed by atoms with Gasteiger partial charge in [-0.25, -0.2) is 0 Å². The number of aliphatic imine (C=N–C) groups is 1. The van der Waals surface area contributed by atoms with E-state index in [0.717, 1.165) is 50.8 Å². The molecule has 0 aliphatic carbocycles. The summed E-state index contributed by atoms with van der Waals surface area (Å²) in [4.78, 5) is 13.7. The predicted octanol–water partition coefficient (Wildman–Crippen LogP) is 2.35. The maximum absolute atomic E-state index is 5.48. The number of benzene rings is 1. The molecular formula is C22H35IN6O4. The van der Waals surface area contributed by atoms with E-state index in [4.69, 9.17) is 23.7 Å². The number of ether oxygens (including phenoxy) is 3. The third kappa shape index (κ3) is 7.36. The van der Waals surface area contributed by atoms with Gasteiger partial charge in [-0.1, -0.05) is 5.16 Å². The molecular weight excluding hydrogens is 539 g/mol. The smallest absolute Gasteiger partial charge is 0.228 e. The molecule has 3 rings (SSSR count). The summed E-state index contributed by atoms with van der Waals surface area (Å²) >= 11 is 0. The summed E-state index contributed by atoms with van der Waals surface area (Å²) in [6.07, 6.45) is 0.636. The molecule has 33 heavy (non-hydrogen) atoms. The van der Waals surface area contributed by atoms with Crippen molar-refractivity contribution >= 4 is 29.9 Å². The Balaban J connectivity index is 0.00000385. The van der Waals surface area contributed by atoms with E-state index in [1.807, 2.05) is 19.1 Å². The molecule has 1 aliphatic rings. The fourth-order valence-electron chi connectivity index (χ4n) is 3.73. The molecule has 0 atom stereocenters. The van der Waals surface area contributed by atoms with Crippen molar-refractivity contribution in [2.75, 3.05) is 60.6 Å². The Morgan fingerprint density at radius 3 is 2.27 bits per heavy atom. The fourth-order valence-corrected chi connectivity index (χ4v) is 3.73. The van der Waals surface area contributed by atoms with Crippen LogP contribution in [0.2, 0.25) is 0 Å². The third-order valence-corrected chi connectivity index (χ3v) is 5.29. The van der Waals surface area contributed by atoms with Gasteiger partial charge in [0.2, 0.25) is 11.6 Å². The lowest BCUT2D eigenvalue weighted by Gasteiger charge is -2.36. The van der Waals surface area contributed by atoms with Gasteiger partial charge in [-0.3, -0.25) is 9.89 Å². The lowest BCUT2D eigenvalue weighted by molar-refractivity contribution is 0.172. The largest absolute Gasteiger partial charge is 0.493 e.